The topological polar surface area (TPSA) is 67.4 Å². The number of nitrogens with one attached hydrogen (secondary N) is 1. The van der Waals surface area contributed by atoms with E-state index in [4.69, 9.17) is 16.3 Å². The summed E-state index contributed by atoms with van der Waals surface area (Å²) < 4.78 is 6.42. The number of nitrogens with zero attached hydrogens (tertiary/aromatic N) is 3. The van der Waals surface area contributed by atoms with Crippen LogP contribution in [-0.2, 0) is 4.79 Å². The molecule has 0 saturated carbocycles. The van der Waals surface area contributed by atoms with Gasteiger partial charge in [0, 0.05) is 18.6 Å². The van der Waals surface area contributed by atoms with Crippen molar-refractivity contribution >= 4 is 45.7 Å². The van der Waals surface area contributed by atoms with E-state index < -0.39 is 0 Å². The predicted molar refractivity (Wildman–Crippen MR) is 109 cm³/mol. The maximum Gasteiger partial charge on any atom is 0.235 e. The quantitative estimate of drug-likeness (QED) is 0.592. The molecular weight excluding hydrogens is 392 g/mol. The molecule has 9 heteroatoms. The highest BCUT2D eigenvalue weighted by Crippen LogP contribution is 2.29. The maximum absolute atomic E-state index is 12.5. The van der Waals surface area contributed by atoms with Crippen LogP contribution in [0.5, 0.6) is 5.75 Å². The van der Waals surface area contributed by atoms with Gasteiger partial charge in [0.1, 0.15) is 12.4 Å². The fourth-order valence-corrected chi connectivity index (χ4v) is 4.18. The van der Waals surface area contributed by atoms with Gasteiger partial charge >= 0.3 is 0 Å². The van der Waals surface area contributed by atoms with Gasteiger partial charge in [-0.05, 0) is 37.6 Å². The van der Waals surface area contributed by atoms with Crippen molar-refractivity contribution in [1.29, 1.82) is 0 Å². The molecule has 2 rings (SSSR count). The largest absolute Gasteiger partial charge is 0.492 e. The third-order valence-corrected chi connectivity index (χ3v) is 5.75. The first-order valence-electron chi connectivity index (χ1n) is 8.37. The molecule has 1 atom stereocenters. The molecule has 1 aromatic carbocycles. The van der Waals surface area contributed by atoms with Crippen LogP contribution in [0.2, 0.25) is 5.02 Å². The number of carbonyl (C=O) groups excluding carboxylic acids is 1. The zero-order chi connectivity index (χ0) is 18.9. The molecule has 0 fully saturated rings. The van der Waals surface area contributed by atoms with Gasteiger partial charge in [0.25, 0.3) is 0 Å². The zero-order valence-electron chi connectivity index (χ0n) is 15.1. The van der Waals surface area contributed by atoms with Gasteiger partial charge in [0.05, 0.1) is 11.8 Å². The van der Waals surface area contributed by atoms with E-state index in [0.29, 0.717) is 18.2 Å². The summed E-state index contributed by atoms with van der Waals surface area (Å²) in [7, 11) is 1.78. The highest BCUT2D eigenvalue weighted by molar-refractivity contribution is 8.02. The summed E-state index contributed by atoms with van der Waals surface area (Å²) in [5.41, 5.74) is 0. The Bertz CT molecular complexity index is 696. The van der Waals surface area contributed by atoms with Crippen molar-refractivity contribution in [2.45, 2.75) is 29.9 Å². The van der Waals surface area contributed by atoms with Gasteiger partial charge in [-0.1, -0.05) is 41.6 Å². The molecule has 0 saturated heterocycles. The Morgan fingerprint density at radius 1 is 1.38 bits per heavy atom. The summed E-state index contributed by atoms with van der Waals surface area (Å²) in [6.45, 7) is 5.77. The van der Waals surface area contributed by atoms with Crippen LogP contribution in [0, 0.1) is 0 Å². The summed E-state index contributed by atoms with van der Waals surface area (Å²) in [6, 6.07) is 7.16. The average molecular weight is 415 g/mol. The van der Waals surface area contributed by atoms with Crippen LogP contribution in [-0.4, -0.2) is 53.0 Å². The first-order valence-corrected chi connectivity index (χ1v) is 10.4. The number of aromatic nitrogens is 2. The summed E-state index contributed by atoms with van der Waals surface area (Å²) in [4.78, 5) is 14.2. The summed E-state index contributed by atoms with van der Waals surface area (Å²) in [6.07, 6.45) is 1.03. The molecule has 0 aliphatic heterocycles. The van der Waals surface area contributed by atoms with E-state index in [0.717, 1.165) is 28.2 Å². The number of hydrogen-bond acceptors (Lipinski definition) is 7. The lowest BCUT2D eigenvalue weighted by atomic mass is 10.3. The number of amides is 1. The number of rotatable bonds is 10. The highest BCUT2D eigenvalue weighted by Gasteiger charge is 2.20. The molecule has 2 aromatic rings. The molecule has 1 unspecified atom stereocenters. The van der Waals surface area contributed by atoms with Crippen molar-refractivity contribution in [3.05, 3.63) is 29.3 Å². The smallest absolute Gasteiger partial charge is 0.235 e. The lowest BCUT2D eigenvalue weighted by molar-refractivity contribution is -0.129. The Labute approximate surface area is 167 Å². The molecule has 0 spiro atoms. The van der Waals surface area contributed by atoms with E-state index in [1.165, 1.54) is 23.1 Å². The van der Waals surface area contributed by atoms with E-state index in [1.54, 1.807) is 24.1 Å². The number of carbonyl (C=O) groups is 1. The second-order valence-corrected chi connectivity index (χ2v) is 8.62. The van der Waals surface area contributed by atoms with Crippen LogP contribution < -0.4 is 10.1 Å². The van der Waals surface area contributed by atoms with Gasteiger partial charge in [0.2, 0.25) is 11.0 Å². The average Bonchev–Trinajstić information content (AvgIpc) is 3.08. The van der Waals surface area contributed by atoms with Gasteiger partial charge in [0.15, 0.2) is 4.34 Å². The van der Waals surface area contributed by atoms with Crippen molar-refractivity contribution in [3.8, 4) is 5.75 Å². The number of hydrogen-bond donors (Lipinski definition) is 1. The van der Waals surface area contributed by atoms with Gasteiger partial charge < -0.3 is 15.0 Å². The van der Waals surface area contributed by atoms with E-state index in [1.807, 2.05) is 19.1 Å². The number of anilines is 1. The summed E-state index contributed by atoms with van der Waals surface area (Å²) in [5, 5.41) is 12.6. The molecule has 6 nitrogen and oxygen atoms in total. The second-order valence-electron chi connectivity index (χ2n) is 5.62. The van der Waals surface area contributed by atoms with E-state index in [-0.39, 0.29) is 11.2 Å². The Hall–Kier alpha value is -1.51. The van der Waals surface area contributed by atoms with Gasteiger partial charge in [-0.15, -0.1) is 10.2 Å². The molecule has 26 heavy (non-hydrogen) atoms. The molecule has 1 aromatic heterocycles. The molecule has 1 amide bonds. The van der Waals surface area contributed by atoms with Gasteiger partial charge in [-0.3, -0.25) is 4.79 Å². The van der Waals surface area contributed by atoms with Crippen molar-refractivity contribution < 1.29 is 9.53 Å². The normalized spacial score (nSPS) is 11.8. The van der Waals surface area contributed by atoms with Gasteiger partial charge in [-0.2, -0.15) is 0 Å². The fraction of sp³-hybridized carbons (Fsp3) is 0.471. The monoisotopic (exact) mass is 414 g/mol. The van der Waals surface area contributed by atoms with Crippen molar-refractivity contribution in [3.63, 3.8) is 0 Å². The van der Waals surface area contributed by atoms with Crippen LogP contribution in [0.3, 0.4) is 0 Å². The van der Waals surface area contributed by atoms with Crippen LogP contribution in [0.4, 0.5) is 5.13 Å². The molecular formula is C17H23ClN4O2S2. The molecule has 142 valence electrons. The Balaban J connectivity index is 1.75. The number of thioether (sulfide) groups is 1. The first-order chi connectivity index (χ1) is 12.5. The van der Waals surface area contributed by atoms with Crippen LogP contribution in [0.15, 0.2) is 28.6 Å². The third-order valence-electron chi connectivity index (χ3n) is 3.44. The third kappa shape index (κ3) is 6.66. The summed E-state index contributed by atoms with van der Waals surface area (Å²) >= 11 is 8.74. The van der Waals surface area contributed by atoms with Crippen molar-refractivity contribution in [2.24, 2.45) is 0 Å². The maximum atomic E-state index is 12.5. The van der Waals surface area contributed by atoms with Crippen LogP contribution in [0.1, 0.15) is 20.3 Å². The second kappa shape index (κ2) is 10.6. The SMILES string of the molecule is CCCNc1nnc(SC(C)C(=O)N(C)CCOc2ccc(Cl)cc2)s1. The zero-order valence-corrected chi connectivity index (χ0v) is 17.5. The lowest BCUT2D eigenvalue weighted by Gasteiger charge is -2.20. The highest BCUT2D eigenvalue weighted by atomic mass is 35.5. The minimum Gasteiger partial charge on any atom is -0.492 e. The fourth-order valence-electron chi connectivity index (χ4n) is 2.01. The predicted octanol–water partition coefficient (Wildman–Crippen LogP) is 4.03. The minimum absolute atomic E-state index is 0.0352. The number of ether oxygens (including phenoxy) is 1. The molecule has 0 aliphatic carbocycles. The number of likely N-dealkylation sites (N-methyl/N-ethyl adjacent to an activating group) is 1. The minimum atomic E-state index is -0.234. The molecule has 0 aliphatic rings. The molecule has 1 N–H and O–H groups in total. The number of benzene rings is 1. The molecule has 0 bridgehead atoms. The van der Waals surface area contributed by atoms with Crippen LogP contribution in [0.25, 0.3) is 0 Å². The summed E-state index contributed by atoms with van der Waals surface area (Å²) in [5.74, 6) is 0.770. The Morgan fingerprint density at radius 3 is 2.81 bits per heavy atom. The molecule has 0 radical (unpaired) electrons. The van der Waals surface area contributed by atoms with Gasteiger partial charge in [-0.25, -0.2) is 0 Å². The first kappa shape index (κ1) is 20.8. The number of halogens is 1. The van der Waals surface area contributed by atoms with E-state index >= 15 is 0 Å². The van der Waals surface area contributed by atoms with E-state index in [9.17, 15) is 4.79 Å². The van der Waals surface area contributed by atoms with E-state index in [2.05, 4.69) is 22.4 Å². The Kier molecular flexibility index (Phi) is 8.47. The molecule has 1 heterocycles. The van der Waals surface area contributed by atoms with Crippen LogP contribution >= 0.6 is 34.7 Å². The Morgan fingerprint density at radius 2 is 2.12 bits per heavy atom. The standard InChI is InChI=1S/C17H23ClN4O2S2/c1-4-9-19-16-20-21-17(26-16)25-12(2)15(23)22(3)10-11-24-14-7-5-13(18)6-8-14/h5-8,12H,4,9-11H2,1-3H3,(H,19,20). The lowest BCUT2D eigenvalue weighted by Crippen LogP contribution is -2.36. The van der Waals surface area contributed by atoms with Crippen molar-refractivity contribution in [2.75, 3.05) is 32.1 Å². The van der Waals surface area contributed by atoms with Crippen molar-refractivity contribution in [1.82, 2.24) is 15.1 Å².